The molecule has 4 heteroatoms. The summed E-state index contributed by atoms with van der Waals surface area (Å²) in [7, 11) is 0. The Kier molecular flexibility index (Phi) is 4.40. The number of hydrogen-bond donors (Lipinski definition) is 0. The zero-order valence-corrected chi connectivity index (χ0v) is 13.5. The van der Waals surface area contributed by atoms with Gasteiger partial charge in [0.05, 0.1) is 15.2 Å². The fourth-order valence-electron chi connectivity index (χ4n) is 3.65. The Morgan fingerprint density at radius 3 is 2.74 bits per heavy atom. The Labute approximate surface area is 127 Å². The van der Waals surface area contributed by atoms with Crippen LogP contribution in [0.25, 0.3) is 0 Å². The first kappa shape index (κ1) is 13.8. The van der Waals surface area contributed by atoms with Crippen LogP contribution in [-0.4, -0.2) is 29.8 Å². The molecular formula is C15H20BrNOS. The summed E-state index contributed by atoms with van der Waals surface area (Å²) in [5.74, 6) is 1.14. The zero-order valence-electron chi connectivity index (χ0n) is 11.1. The van der Waals surface area contributed by atoms with E-state index in [0.717, 1.165) is 21.1 Å². The van der Waals surface area contributed by atoms with Crippen molar-refractivity contribution in [2.45, 2.75) is 44.6 Å². The molecule has 2 aliphatic rings. The van der Waals surface area contributed by atoms with Crippen molar-refractivity contribution in [2.75, 3.05) is 13.1 Å². The van der Waals surface area contributed by atoms with E-state index < -0.39 is 0 Å². The Morgan fingerprint density at radius 2 is 2.05 bits per heavy atom. The van der Waals surface area contributed by atoms with Crippen molar-refractivity contribution < 1.29 is 4.79 Å². The van der Waals surface area contributed by atoms with Gasteiger partial charge in [0.25, 0.3) is 0 Å². The summed E-state index contributed by atoms with van der Waals surface area (Å²) in [6.07, 6.45) is 8.09. The van der Waals surface area contributed by atoms with Crippen molar-refractivity contribution in [3.8, 4) is 0 Å². The second kappa shape index (κ2) is 6.06. The largest absolute Gasteiger partial charge is 0.293 e. The Morgan fingerprint density at radius 1 is 1.26 bits per heavy atom. The minimum atomic E-state index is 0.292. The van der Waals surface area contributed by atoms with Crippen molar-refractivity contribution >= 4 is 33.0 Å². The van der Waals surface area contributed by atoms with Gasteiger partial charge in [0.2, 0.25) is 0 Å². The van der Waals surface area contributed by atoms with Gasteiger partial charge in [-0.1, -0.05) is 12.8 Å². The first-order valence-corrected chi connectivity index (χ1v) is 8.87. The lowest BCUT2D eigenvalue weighted by Crippen LogP contribution is -2.38. The van der Waals surface area contributed by atoms with Gasteiger partial charge in [0.1, 0.15) is 0 Å². The van der Waals surface area contributed by atoms with Gasteiger partial charge in [-0.15, -0.1) is 11.3 Å². The lowest BCUT2D eigenvalue weighted by Gasteiger charge is -2.28. The molecule has 1 unspecified atom stereocenters. The maximum atomic E-state index is 12.3. The van der Waals surface area contributed by atoms with E-state index in [9.17, 15) is 4.79 Å². The van der Waals surface area contributed by atoms with Gasteiger partial charge in [-0.05, 0) is 66.2 Å². The molecular weight excluding hydrogens is 322 g/mol. The van der Waals surface area contributed by atoms with Crippen molar-refractivity contribution in [2.24, 2.45) is 5.92 Å². The van der Waals surface area contributed by atoms with Gasteiger partial charge in [0.15, 0.2) is 5.78 Å². The van der Waals surface area contributed by atoms with Crippen LogP contribution < -0.4 is 0 Å². The van der Waals surface area contributed by atoms with Crippen LogP contribution in [0, 0.1) is 5.92 Å². The van der Waals surface area contributed by atoms with Crippen LogP contribution in [0.15, 0.2) is 15.9 Å². The molecule has 104 valence electrons. The second-order valence-corrected chi connectivity index (χ2v) is 8.21. The number of hydrogen-bond acceptors (Lipinski definition) is 3. The lowest BCUT2D eigenvalue weighted by molar-refractivity contribution is 0.0900. The summed E-state index contributed by atoms with van der Waals surface area (Å²) in [5.41, 5.74) is 0. The molecule has 0 radical (unpaired) electrons. The molecule has 19 heavy (non-hydrogen) atoms. The van der Waals surface area contributed by atoms with Crippen LogP contribution in [0.5, 0.6) is 0 Å². The highest BCUT2D eigenvalue weighted by Gasteiger charge is 2.34. The third-order valence-corrected chi connectivity index (χ3v) is 6.22. The van der Waals surface area contributed by atoms with E-state index in [4.69, 9.17) is 0 Å². The monoisotopic (exact) mass is 341 g/mol. The number of rotatable bonds is 4. The quantitative estimate of drug-likeness (QED) is 0.759. The highest BCUT2D eigenvalue weighted by molar-refractivity contribution is 9.11. The van der Waals surface area contributed by atoms with Gasteiger partial charge >= 0.3 is 0 Å². The molecule has 2 fully saturated rings. The number of ketones is 1. The van der Waals surface area contributed by atoms with E-state index >= 15 is 0 Å². The molecule has 1 saturated carbocycles. The molecule has 1 aliphatic heterocycles. The topological polar surface area (TPSA) is 20.3 Å². The van der Waals surface area contributed by atoms with E-state index in [1.807, 2.05) is 12.1 Å². The van der Waals surface area contributed by atoms with Gasteiger partial charge in [-0.3, -0.25) is 9.69 Å². The second-order valence-electron chi connectivity index (χ2n) is 5.75. The number of carbonyl (C=O) groups is 1. The van der Waals surface area contributed by atoms with Gasteiger partial charge < -0.3 is 0 Å². The summed E-state index contributed by atoms with van der Waals surface area (Å²) in [6, 6.07) is 4.59. The van der Waals surface area contributed by atoms with E-state index in [1.54, 1.807) is 11.3 Å². The lowest BCUT2D eigenvalue weighted by atomic mass is 9.96. The number of likely N-dealkylation sites (tertiary alicyclic amines) is 1. The minimum Gasteiger partial charge on any atom is -0.293 e. The van der Waals surface area contributed by atoms with Crippen molar-refractivity contribution in [1.29, 1.82) is 0 Å². The standard InChI is InChI=1S/C15H20BrNOS/c16-15-8-7-14(19-15)13(18)10-17-9-3-6-12(17)11-4-1-2-5-11/h7-8,11-12H,1-6,9-10H2. The molecule has 1 aromatic heterocycles. The molecule has 0 bridgehead atoms. The molecule has 0 aromatic carbocycles. The van der Waals surface area contributed by atoms with Crippen LogP contribution in [0.1, 0.15) is 48.2 Å². The number of carbonyl (C=O) groups excluding carboxylic acids is 1. The molecule has 1 aromatic rings. The number of Topliss-reactive ketones (excluding diaryl/α,β-unsaturated/α-hetero) is 1. The van der Waals surface area contributed by atoms with Crippen LogP contribution >= 0.6 is 27.3 Å². The highest BCUT2D eigenvalue weighted by Crippen LogP contribution is 2.35. The summed E-state index contributed by atoms with van der Waals surface area (Å²) in [5, 5.41) is 0. The maximum absolute atomic E-state index is 12.3. The fourth-order valence-corrected chi connectivity index (χ4v) is 4.97. The first-order chi connectivity index (χ1) is 9.24. The van der Waals surface area contributed by atoms with E-state index in [1.165, 1.54) is 38.5 Å². The Hall–Kier alpha value is -0.190. The van der Waals surface area contributed by atoms with Crippen LogP contribution in [-0.2, 0) is 0 Å². The number of nitrogens with zero attached hydrogens (tertiary/aromatic N) is 1. The average molecular weight is 342 g/mol. The molecule has 0 N–H and O–H groups in total. The third kappa shape index (κ3) is 3.11. The first-order valence-electron chi connectivity index (χ1n) is 7.26. The van der Waals surface area contributed by atoms with Crippen molar-refractivity contribution in [3.05, 3.63) is 20.8 Å². The smallest absolute Gasteiger partial charge is 0.186 e. The SMILES string of the molecule is O=C(CN1CCCC1C1CCCC1)c1ccc(Br)s1. The van der Waals surface area contributed by atoms with Crippen molar-refractivity contribution in [3.63, 3.8) is 0 Å². The van der Waals surface area contributed by atoms with Crippen LogP contribution in [0.3, 0.4) is 0 Å². The summed E-state index contributed by atoms with van der Waals surface area (Å²) in [6.45, 7) is 1.73. The fraction of sp³-hybridized carbons (Fsp3) is 0.667. The summed E-state index contributed by atoms with van der Waals surface area (Å²) < 4.78 is 1.05. The van der Waals surface area contributed by atoms with Crippen LogP contribution in [0.4, 0.5) is 0 Å². The predicted molar refractivity (Wildman–Crippen MR) is 82.9 cm³/mol. The maximum Gasteiger partial charge on any atom is 0.186 e. The summed E-state index contributed by atoms with van der Waals surface area (Å²) >= 11 is 4.98. The summed E-state index contributed by atoms with van der Waals surface area (Å²) in [4.78, 5) is 15.7. The van der Waals surface area contributed by atoms with Crippen LogP contribution in [0.2, 0.25) is 0 Å². The molecule has 1 aliphatic carbocycles. The minimum absolute atomic E-state index is 0.292. The molecule has 0 amide bonds. The third-order valence-electron chi connectivity index (χ3n) is 4.55. The Balaban J connectivity index is 1.63. The zero-order chi connectivity index (χ0) is 13.2. The Bertz CT molecular complexity index is 453. The van der Waals surface area contributed by atoms with E-state index in [-0.39, 0.29) is 0 Å². The predicted octanol–water partition coefficient (Wildman–Crippen LogP) is 4.35. The average Bonchev–Trinajstić information content (AvgIpc) is 3.07. The van der Waals surface area contributed by atoms with Gasteiger partial charge in [0, 0.05) is 6.04 Å². The normalized spacial score (nSPS) is 25.2. The van der Waals surface area contributed by atoms with Gasteiger partial charge in [-0.2, -0.15) is 0 Å². The molecule has 0 spiro atoms. The van der Waals surface area contributed by atoms with Crippen molar-refractivity contribution in [1.82, 2.24) is 4.90 Å². The molecule has 2 heterocycles. The number of thiophene rings is 1. The van der Waals surface area contributed by atoms with E-state index in [2.05, 4.69) is 20.8 Å². The number of halogens is 1. The van der Waals surface area contributed by atoms with Gasteiger partial charge in [-0.25, -0.2) is 0 Å². The molecule has 1 saturated heterocycles. The molecule has 3 rings (SSSR count). The molecule has 2 nitrogen and oxygen atoms in total. The van der Waals surface area contributed by atoms with E-state index in [0.29, 0.717) is 18.4 Å². The highest BCUT2D eigenvalue weighted by atomic mass is 79.9. The molecule has 1 atom stereocenters.